The highest BCUT2D eigenvalue weighted by Crippen LogP contribution is 2.23. The number of ether oxygens (including phenoxy) is 1. The van der Waals surface area contributed by atoms with Gasteiger partial charge < -0.3 is 9.84 Å². The molecule has 0 spiro atoms. The molecule has 1 N–H and O–H groups in total. The molecular weight excluding hydrogens is 244 g/mol. The maximum absolute atomic E-state index is 9.23. The number of hydrogen-bond acceptors (Lipinski definition) is 3. The third kappa shape index (κ3) is 3.06. The zero-order chi connectivity index (χ0) is 12.8. The van der Waals surface area contributed by atoms with Crippen molar-refractivity contribution in [1.82, 2.24) is 0 Å². The Morgan fingerprint density at radius 1 is 1.00 bits per heavy atom. The van der Waals surface area contributed by atoms with Crippen LogP contribution in [0.4, 0.5) is 0 Å². The minimum absolute atomic E-state index is 0.000345. The molecule has 0 saturated carbocycles. The molecular formula is C15H16O2S. The lowest BCUT2D eigenvalue weighted by Crippen LogP contribution is -1.99. The van der Waals surface area contributed by atoms with Gasteiger partial charge in [0.15, 0.2) is 0 Å². The Bertz CT molecular complexity index is 464. The summed E-state index contributed by atoms with van der Waals surface area (Å²) in [5, 5.41) is 9.23. The number of para-hydroxylation sites is 1. The highest BCUT2D eigenvalue weighted by molar-refractivity contribution is 7.98. The van der Waals surface area contributed by atoms with Gasteiger partial charge in [0, 0.05) is 16.0 Å². The quantitative estimate of drug-likeness (QED) is 0.835. The van der Waals surface area contributed by atoms with Crippen LogP contribution >= 0.6 is 11.8 Å². The highest BCUT2D eigenvalue weighted by Gasteiger charge is 2.04. The first-order valence-electron chi connectivity index (χ1n) is 5.78. The molecule has 0 amide bonds. The first-order chi connectivity index (χ1) is 8.85. The zero-order valence-corrected chi connectivity index (χ0v) is 11.1. The molecule has 0 atom stereocenters. The summed E-state index contributed by atoms with van der Waals surface area (Å²) in [4.78, 5) is 1.22. The Balaban J connectivity index is 2.11. The second kappa shape index (κ2) is 6.47. The van der Waals surface area contributed by atoms with Crippen molar-refractivity contribution in [2.24, 2.45) is 0 Å². The van der Waals surface area contributed by atoms with Crippen molar-refractivity contribution < 1.29 is 9.84 Å². The van der Waals surface area contributed by atoms with E-state index in [4.69, 9.17) is 4.74 Å². The summed E-state index contributed by atoms with van der Waals surface area (Å²) < 4.78 is 5.78. The van der Waals surface area contributed by atoms with E-state index in [9.17, 15) is 5.11 Å². The van der Waals surface area contributed by atoms with Crippen LogP contribution in [-0.4, -0.2) is 11.4 Å². The van der Waals surface area contributed by atoms with Crippen LogP contribution in [0.1, 0.15) is 11.1 Å². The molecule has 2 aromatic carbocycles. The molecule has 94 valence electrons. The van der Waals surface area contributed by atoms with Crippen LogP contribution in [-0.2, 0) is 13.2 Å². The van der Waals surface area contributed by atoms with Gasteiger partial charge in [0.05, 0.1) is 6.61 Å². The average molecular weight is 260 g/mol. The fourth-order valence-corrected chi connectivity index (χ4v) is 2.36. The van der Waals surface area contributed by atoms with E-state index in [2.05, 4.69) is 18.4 Å². The molecule has 0 fully saturated rings. The molecule has 0 heterocycles. The van der Waals surface area contributed by atoms with Crippen molar-refractivity contribution in [3.05, 3.63) is 59.7 Å². The van der Waals surface area contributed by atoms with E-state index in [0.29, 0.717) is 6.61 Å². The van der Waals surface area contributed by atoms with Crippen LogP contribution in [0, 0.1) is 0 Å². The molecule has 0 aliphatic carbocycles. The Labute approximate surface area is 112 Å². The predicted molar refractivity (Wildman–Crippen MR) is 74.9 cm³/mol. The number of hydrogen-bond donors (Lipinski definition) is 1. The summed E-state index contributed by atoms with van der Waals surface area (Å²) in [6.07, 6.45) is 2.06. The maximum atomic E-state index is 9.23. The van der Waals surface area contributed by atoms with E-state index in [-0.39, 0.29) is 6.61 Å². The summed E-state index contributed by atoms with van der Waals surface area (Å²) in [6, 6.07) is 15.7. The SMILES string of the molecule is CSc1ccccc1COc1ccccc1CO. The topological polar surface area (TPSA) is 29.5 Å². The van der Waals surface area contributed by atoms with Crippen LogP contribution < -0.4 is 4.74 Å². The second-order valence-corrected chi connectivity index (χ2v) is 4.71. The Morgan fingerprint density at radius 2 is 1.67 bits per heavy atom. The summed E-state index contributed by atoms with van der Waals surface area (Å²) in [5.41, 5.74) is 1.98. The average Bonchev–Trinajstić information content (AvgIpc) is 2.45. The molecule has 0 unspecified atom stereocenters. The number of benzene rings is 2. The maximum Gasteiger partial charge on any atom is 0.125 e. The van der Waals surface area contributed by atoms with Gasteiger partial charge in [-0.05, 0) is 18.4 Å². The summed E-state index contributed by atoms with van der Waals surface area (Å²) in [5.74, 6) is 0.746. The molecule has 0 saturated heterocycles. The smallest absolute Gasteiger partial charge is 0.125 e. The second-order valence-electron chi connectivity index (χ2n) is 3.87. The van der Waals surface area contributed by atoms with Crippen LogP contribution in [0.3, 0.4) is 0 Å². The number of rotatable bonds is 5. The van der Waals surface area contributed by atoms with E-state index in [1.165, 1.54) is 4.90 Å². The lowest BCUT2D eigenvalue weighted by atomic mass is 10.2. The Kier molecular flexibility index (Phi) is 4.67. The van der Waals surface area contributed by atoms with E-state index in [0.717, 1.165) is 16.9 Å². The van der Waals surface area contributed by atoms with Gasteiger partial charge in [0.25, 0.3) is 0 Å². The highest BCUT2D eigenvalue weighted by atomic mass is 32.2. The molecule has 2 nitrogen and oxygen atoms in total. The molecule has 18 heavy (non-hydrogen) atoms. The van der Waals surface area contributed by atoms with Crippen LogP contribution in [0.5, 0.6) is 5.75 Å². The molecule has 2 rings (SSSR count). The first kappa shape index (κ1) is 13.0. The standard InChI is InChI=1S/C15H16O2S/c1-18-15-9-5-3-7-13(15)11-17-14-8-4-2-6-12(14)10-16/h2-9,16H,10-11H2,1H3. The van der Waals surface area contributed by atoms with Crippen molar-refractivity contribution >= 4 is 11.8 Å². The summed E-state index contributed by atoms with van der Waals surface area (Å²) in [7, 11) is 0. The first-order valence-corrected chi connectivity index (χ1v) is 7.01. The van der Waals surface area contributed by atoms with Crippen LogP contribution in [0.2, 0.25) is 0 Å². The molecule has 2 aromatic rings. The Morgan fingerprint density at radius 3 is 2.39 bits per heavy atom. The minimum Gasteiger partial charge on any atom is -0.488 e. The van der Waals surface area contributed by atoms with Gasteiger partial charge in [-0.3, -0.25) is 0 Å². The summed E-state index contributed by atoms with van der Waals surface area (Å²) in [6.45, 7) is 0.522. The lowest BCUT2D eigenvalue weighted by Gasteiger charge is -2.11. The molecule has 0 radical (unpaired) electrons. The minimum atomic E-state index is 0.000345. The molecule has 0 bridgehead atoms. The predicted octanol–water partition coefficient (Wildman–Crippen LogP) is 3.48. The fraction of sp³-hybridized carbons (Fsp3) is 0.200. The van der Waals surface area contributed by atoms with Crippen molar-refractivity contribution in [1.29, 1.82) is 0 Å². The number of thioether (sulfide) groups is 1. The van der Waals surface area contributed by atoms with E-state index in [1.54, 1.807) is 11.8 Å². The zero-order valence-electron chi connectivity index (χ0n) is 10.3. The van der Waals surface area contributed by atoms with Crippen molar-refractivity contribution in [2.45, 2.75) is 18.1 Å². The van der Waals surface area contributed by atoms with Gasteiger partial charge in [-0.15, -0.1) is 11.8 Å². The van der Waals surface area contributed by atoms with E-state index < -0.39 is 0 Å². The van der Waals surface area contributed by atoms with E-state index in [1.807, 2.05) is 36.4 Å². The van der Waals surface area contributed by atoms with Crippen LogP contribution in [0.25, 0.3) is 0 Å². The van der Waals surface area contributed by atoms with Gasteiger partial charge in [0.1, 0.15) is 12.4 Å². The van der Waals surface area contributed by atoms with Crippen molar-refractivity contribution in [3.63, 3.8) is 0 Å². The van der Waals surface area contributed by atoms with Crippen LogP contribution in [0.15, 0.2) is 53.4 Å². The van der Waals surface area contributed by atoms with Gasteiger partial charge in [-0.2, -0.15) is 0 Å². The Hall–Kier alpha value is -1.45. The van der Waals surface area contributed by atoms with Gasteiger partial charge >= 0.3 is 0 Å². The molecule has 0 aliphatic rings. The summed E-state index contributed by atoms with van der Waals surface area (Å²) >= 11 is 1.71. The number of aliphatic hydroxyl groups is 1. The monoisotopic (exact) mass is 260 g/mol. The molecule has 3 heteroatoms. The largest absolute Gasteiger partial charge is 0.488 e. The molecule has 0 aromatic heterocycles. The normalized spacial score (nSPS) is 10.3. The van der Waals surface area contributed by atoms with Gasteiger partial charge in [-0.1, -0.05) is 36.4 Å². The van der Waals surface area contributed by atoms with Gasteiger partial charge in [-0.25, -0.2) is 0 Å². The lowest BCUT2D eigenvalue weighted by molar-refractivity contribution is 0.258. The third-order valence-corrected chi connectivity index (χ3v) is 3.56. The fourth-order valence-electron chi connectivity index (χ4n) is 1.75. The van der Waals surface area contributed by atoms with Crippen molar-refractivity contribution in [2.75, 3.05) is 6.26 Å². The third-order valence-electron chi connectivity index (χ3n) is 2.72. The van der Waals surface area contributed by atoms with E-state index >= 15 is 0 Å². The number of aliphatic hydroxyl groups excluding tert-OH is 1. The van der Waals surface area contributed by atoms with Gasteiger partial charge in [0.2, 0.25) is 0 Å². The van der Waals surface area contributed by atoms with Crippen molar-refractivity contribution in [3.8, 4) is 5.75 Å². The molecule has 0 aliphatic heterocycles.